The molecular weight excluding hydrogens is 255 g/mol. The van der Waals surface area contributed by atoms with Gasteiger partial charge in [-0.05, 0) is 42.7 Å². The maximum Gasteiger partial charge on any atom is 0.128 e. The molecule has 1 unspecified atom stereocenters. The summed E-state index contributed by atoms with van der Waals surface area (Å²) in [5.41, 5.74) is 4.06. The van der Waals surface area contributed by atoms with Crippen LogP contribution in [0, 0.1) is 19.7 Å². The third kappa shape index (κ3) is 2.18. The molecule has 0 saturated carbocycles. The summed E-state index contributed by atoms with van der Waals surface area (Å²) >= 11 is 0. The highest BCUT2D eigenvalue weighted by atomic mass is 19.1. The van der Waals surface area contributed by atoms with E-state index >= 15 is 0 Å². The van der Waals surface area contributed by atoms with Crippen molar-refractivity contribution in [2.75, 3.05) is 0 Å². The minimum absolute atomic E-state index is 0.237. The largest absolute Gasteiger partial charge is 0.485 e. The first-order chi connectivity index (χ1) is 9.56. The van der Waals surface area contributed by atoms with Crippen LogP contribution >= 0.6 is 0 Å². The molecule has 1 aliphatic heterocycles. The van der Waals surface area contributed by atoms with Gasteiger partial charge in [0.05, 0.1) is 6.10 Å². The number of halogens is 1. The molecule has 0 bridgehead atoms. The third-order valence-electron chi connectivity index (χ3n) is 4.03. The lowest BCUT2D eigenvalue weighted by molar-refractivity contribution is 0.0650. The fourth-order valence-electron chi connectivity index (χ4n) is 2.73. The first kappa shape index (κ1) is 13.1. The Kier molecular flexibility index (Phi) is 3.22. The van der Waals surface area contributed by atoms with E-state index in [1.54, 1.807) is 6.07 Å². The van der Waals surface area contributed by atoms with Crippen molar-refractivity contribution in [3.8, 4) is 5.75 Å². The van der Waals surface area contributed by atoms with E-state index in [9.17, 15) is 9.50 Å². The van der Waals surface area contributed by atoms with Gasteiger partial charge in [-0.1, -0.05) is 18.2 Å². The van der Waals surface area contributed by atoms with Gasteiger partial charge in [0.2, 0.25) is 0 Å². The lowest BCUT2D eigenvalue weighted by Crippen LogP contribution is -2.20. The molecule has 0 aliphatic carbocycles. The Bertz CT molecular complexity index is 651. The summed E-state index contributed by atoms with van der Waals surface area (Å²) in [4.78, 5) is 0. The highest BCUT2D eigenvalue weighted by molar-refractivity contribution is 5.41. The van der Waals surface area contributed by atoms with Gasteiger partial charge in [-0.15, -0.1) is 0 Å². The number of fused-ring (bicyclic) bond motifs is 1. The molecule has 0 radical (unpaired) electrons. The monoisotopic (exact) mass is 272 g/mol. The van der Waals surface area contributed by atoms with E-state index in [0.717, 1.165) is 11.1 Å². The number of benzene rings is 2. The van der Waals surface area contributed by atoms with E-state index < -0.39 is 6.10 Å². The Balaban J connectivity index is 2.00. The van der Waals surface area contributed by atoms with Crippen molar-refractivity contribution in [2.45, 2.75) is 32.5 Å². The van der Waals surface area contributed by atoms with E-state index in [2.05, 4.69) is 0 Å². The summed E-state index contributed by atoms with van der Waals surface area (Å²) in [7, 11) is 0. The van der Waals surface area contributed by atoms with Crippen LogP contribution in [0.1, 0.15) is 40.9 Å². The summed E-state index contributed by atoms with van der Waals surface area (Å²) in [6.45, 7) is 4.09. The molecule has 20 heavy (non-hydrogen) atoms. The standard InChI is InChI=1S/C17H17FO2/c1-10-4-3-5-13(11(10)2)17-9-15(19)14-7-6-12(18)8-16(14)20-17/h3-8,15,17,19H,9H2,1-2H3/t15-,17?/m1/s1. The Morgan fingerprint density at radius 1 is 1.15 bits per heavy atom. The number of rotatable bonds is 1. The summed E-state index contributed by atoms with van der Waals surface area (Å²) < 4.78 is 19.2. The highest BCUT2D eigenvalue weighted by Crippen LogP contribution is 2.41. The maximum atomic E-state index is 13.3. The molecule has 2 aromatic carbocycles. The van der Waals surface area contributed by atoms with Crippen LogP contribution in [0.4, 0.5) is 4.39 Å². The zero-order chi connectivity index (χ0) is 14.3. The smallest absolute Gasteiger partial charge is 0.128 e. The Morgan fingerprint density at radius 3 is 2.75 bits per heavy atom. The lowest BCUT2D eigenvalue weighted by atomic mass is 9.91. The van der Waals surface area contributed by atoms with Crippen molar-refractivity contribution in [1.29, 1.82) is 0 Å². The number of aryl methyl sites for hydroxylation is 1. The van der Waals surface area contributed by atoms with Gasteiger partial charge in [0.1, 0.15) is 17.7 Å². The minimum Gasteiger partial charge on any atom is -0.485 e. The van der Waals surface area contributed by atoms with E-state index in [4.69, 9.17) is 4.74 Å². The molecule has 0 saturated heterocycles. The zero-order valence-corrected chi connectivity index (χ0v) is 11.6. The molecule has 0 aromatic heterocycles. The Labute approximate surface area is 117 Å². The molecule has 0 fully saturated rings. The van der Waals surface area contributed by atoms with Gasteiger partial charge < -0.3 is 9.84 Å². The molecule has 2 aromatic rings. The van der Waals surface area contributed by atoms with Crippen molar-refractivity contribution in [3.05, 3.63) is 64.5 Å². The quantitative estimate of drug-likeness (QED) is 0.850. The number of hydrogen-bond acceptors (Lipinski definition) is 2. The first-order valence-electron chi connectivity index (χ1n) is 6.76. The fourth-order valence-corrected chi connectivity index (χ4v) is 2.73. The number of aliphatic hydroxyl groups is 1. The summed E-state index contributed by atoms with van der Waals surface area (Å²) in [6, 6.07) is 10.3. The molecule has 2 atom stereocenters. The molecule has 1 heterocycles. The van der Waals surface area contributed by atoms with Gasteiger partial charge in [-0.3, -0.25) is 0 Å². The van der Waals surface area contributed by atoms with Gasteiger partial charge in [-0.2, -0.15) is 0 Å². The molecule has 0 amide bonds. The van der Waals surface area contributed by atoms with Gasteiger partial charge in [0.15, 0.2) is 0 Å². The summed E-state index contributed by atoms with van der Waals surface area (Å²) in [5, 5.41) is 10.2. The number of aliphatic hydroxyl groups excluding tert-OH is 1. The first-order valence-corrected chi connectivity index (χ1v) is 6.76. The summed E-state index contributed by atoms with van der Waals surface area (Å²) in [6.07, 6.45) is -0.369. The Morgan fingerprint density at radius 2 is 1.95 bits per heavy atom. The molecule has 3 rings (SSSR count). The van der Waals surface area contributed by atoms with Crippen LogP contribution in [-0.4, -0.2) is 5.11 Å². The second kappa shape index (κ2) is 4.91. The Hall–Kier alpha value is -1.87. The van der Waals surface area contributed by atoms with Crippen LogP contribution in [-0.2, 0) is 0 Å². The average molecular weight is 272 g/mol. The predicted molar refractivity (Wildman–Crippen MR) is 75.3 cm³/mol. The van der Waals surface area contributed by atoms with Crippen LogP contribution in [0.15, 0.2) is 36.4 Å². The molecule has 1 N–H and O–H groups in total. The van der Waals surface area contributed by atoms with Crippen molar-refractivity contribution in [1.82, 2.24) is 0 Å². The van der Waals surface area contributed by atoms with Gasteiger partial charge in [-0.25, -0.2) is 4.39 Å². The van der Waals surface area contributed by atoms with Crippen LogP contribution in [0.25, 0.3) is 0 Å². The number of ether oxygens (including phenoxy) is 1. The zero-order valence-electron chi connectivity index (χ0n) is 11.6. The molecule has 0 spiro atoms. The minimum atomic E-state index is -0.621. The van der Waals surface area contributed by atoms with Crippen molar-refractivity contribution < 1.29 is 14.2 Å². The normalized spacial score (nSPS) is 21.2. The topological polar surface area (TPSA) is 29.5 Å². The molecule has 104 valence electrons. The van der Waals surface area contributed by atoms with Gasteiger partial charge in [0.25, 0.3) is 0 Å². The van der Waals surface area contributed by atoms with Crippen LogP contribution in [0.2, 0.25) is 0 Å². The predicted octanol–water partition coefficient (Wildman–Crippen LogP) is 4.00. The van der Waals surface area contributed by atoms with Crippen molar-refractivity contribution in [2.24, 2.45) is 0 Å². The maximum absolute atomic E-state index is 13.3. The van der Waals surface area contributed by atoms with Crippen LogP contribution in [0.3, 0.4) is 0 Å². The van der Waals surface area contributed by atoms with E-state index in [-0.39, 0.29) is 11.9 Å². The lowest BCUT2D eigenvalue weighted by Gasteiger charge is -2.31. The average Bonchev–Trinajstić information content (AvgIpc) is 2.41. The van der Waals surface area contributed by atoms with Gasteiger partial charge in [0, 0.05) is 18.1 Å². The van der Waals surface area contributed by atoms with E-state index in [0.29, 0.717) is 17.7 Å². The molecule has 1 aliphatic rings. The fraction of sp³-hybridized carbons (Fsp3) is 0.294. The molecule has 2 nitrogen and oxygen atoms in total. The van der Waals surface area contributed by atoms with Crippen LogP contribution < -0.4 is 4.74 Å². The molecular formula is C17H17FO2. The summed E-state index contributed by atoms with van der Waals surface area (Å²) in [5.74, 6) is 0.0900. The number of hydrogen-bond donors (Lipinski definition) is 1. The van der Waals surface area contributed by atoms with Crippen molar-refractivity contribution in [3.63, 3.8) is 0 Å². The van der Waals surface area contributed by atoms with Gasteiger partial charge >= 0.3 is 0 Å². The van der Waals surface area contributed by atoms with Crippen molar-refractivity contribution >= 4 is 0 Å². The molecule has 3 heteroatoms. The van der Waals surface area contributed by atoms with E-state index in [1.807, 2.05) is 32.0 Å². The SMILES string of the molecule is Cc1cccc(C2C[C@@H](O)c3ccc(F)cc3O2)c1C. The third-order valence-corrected chi connectivity index (χ3v) is 4.03. The van der Waals surface area contributed by atoms with Crippen LogP contribution in [0.5, 0.6) is 5.75 Å². The second-order valence-corrected chi connectivity index (χ2v) is 5.33. The second-order valence-electron chi connectivity index (χ2n) is 5.33. The van der Waals surface area contributed by atoms with E-state index in [1.165, 1.54) is 17.7 Å². The highest BCUT2D eigenvalue weighted by Gasteiger charge is 2.29.